The molecule has 0 unspecified atom stereocenters. The van der Waals surface area contributed by atoms with Gasteiger partial charge in [-0.15, -0.1) is 0 Å². The van der Waals surface area contributed by atoms with E-state index >= 15 is 0 Å². The Morgan fingerprint density at radius 1 is 1.15 bits per heavy atom. The predicted octanol–water partition coefficient (Wildman–Crippen LogP) is 2.18. The number of benzene rings is 1. The van der Waals surface area contributed by atoms with Crippen molar-refractivity contribution in [3.63, 3.8) is 0 Å². The van der Waals surface area contributed by atoms with E-state index in [1.54, 1.807) is 0 Å². The molecule has 20 heavy (non-hydrogen) atoms. The summed E-state index contributed by atoms with van der Waals surface area (Å²) < 4.78 is 15.1. The monoisotopic (exact) mass is 340 g/mol. The minimum absolute atomic E-state index is 0.0857. The summed E-state index contributed by atoms with van der Waals surface area (Å²) in [6, 6.07) is 9.46. The standard InChI is InChI=1S/C14H14BrFN2O2/c15-12-10-17(9-11-5-2-1-3-6-11)14(20)18(13(12)19)8-4-7-16/h1-3,5-6,10H,4,7-9H2. The molecule has 0 saturated carbocycles. The summed E-state index contributed by atoms with van der Waals surface area (Å²) in [5.74, 6) is 0. The topological polar surface area (TPSA) is 44.0 Å². The Morgan fingerprint density at radius 2 is 1.85 bits per heavy atom. The zero-order valence-corrected chi connectivity index (χ0v) is 12.3. The summed E-state index contributed by atoms with van der Waals surface area (Å²) in [7, 11) is 0. The Morgan fingerprint density at radius 3 is 2.50 bits per heavy atom. The molecule has 0 spiro atoms. The van der Waals surface area contributed by atoms with Crippen molar-refractivity contribution in [3.8, 4) is 0 Å². The van der Waals surface area contributed by atoms with Crippen LogP contribution in [0.3, 0.4) is 0 Å². The molecule has 6 heteroatoms. The lowest BCUT2D eigenvalue weighted by Crippen LogP contribution is -2.40. The number of hydrogen-bond donors (Lipinski definition) is 0. The van der Waals surface area contributed by atoms with Crippen LogP contribution in [0.5, 0.6) is 0 Å². The highest BCUT2D eigenvalue weighted by molar-refractivity contribution is 9.10. The Balaban J connectivity index is 2.42. The van der Waals surface area contributed by atoms with E-state index in [9.17, 15) is 14.0 Å². The summed E-state index contributed by atoms with van der Waals surface area (Å²) in [5.41, 5.74) is 0.112. The molecule has 0 aliphatic heterocycles. The van der Waals surface area contributed by atoms with Gasteiger partial charge in [-0.05, 0) is 27.9 Å². The molecular weight excluding hydrogens is 327 g/mol. The molecule has 0 N–H and O–H groups in total. The Bertz CT molecular complexity index is 695. The lowest BCUT2D eigenvalue weighted by molar-refractivity contribution is 0.432. The molecule has 0 radical (unpaired) electrons. The molecule has 0 saturated heterocycles. The number of halogens is 2. The van der Waals surface area contributed by atoms with E-state index in [4.69, 9.17) is 0 Å². The summed E-state index contributed by atoms with van der Waals surface area (Å²) in [5, 5.41) is 0. The Hall–Kier alpha value is -1.69. The fourth-order valence-corrected chi connectivity index (χ4v) is 2.39. The first-order chi connectivity index (χ1) is 9.63. The third kappa shape index (κ3) is 3.25. The lowest BCUT2D eigenvalue weighted by Gasteiger charge is -2.10. The zero-order valence-electron chi connectivity index (χ0n) is 10.8. The van der Waals surface area contributed by atoms with Crippen molar-refractivity contribution >= 4 is 15.9 Å². The predicted molar refractivity (Wildman–Crippen MR) is 78.8 cm³/mol. The highest BCUT2D eigenvalue weighted by Gasteiger charge is 2.09. The highest BCUT2D eigenvalue weighted by atomic mass is 79.9. The van der Waals surface area contributed by atoms with Crippen LogP contribution >= 0.6 is 15.9 Å². The van der Waals surface area contributed by atoms with Crippen LogP contribution in [0.1, 0.15) is 12.0 Å². The molecule has 0 aliphatic carbocycles. The van der Waals surface area contributed by atoms with Crippen molar-refractivity contribution in [2.75, 3.05) is 6.67 Å². The fourth-order valence-electron chi connectivity index (χ4n) is 1.93. The third-order valence-electron chi connectivity index (χ3n) is 2.91. The van der Waals surface area contributed by atoms with Gasteiger partial charge in [-0.1, -0.05) is 30.3 Å². The second-order valence-corrected chi connectivity index (χ2v) is 5.23. The molecular formula is C14H14BrFN2O2. The first-order valence-electron chi connectivity index (χ1n) is 6.23. The van der Waals surface area contributed by atoms with Crippen molar-refractivity contribution in [3.05, 3.63) is 67.4 Å². The lowest BCUT2D eigenvalue weighted by atomic mass is 10.2. The summed E-state index contributed by atoms with van der Waals surface area (Å²) in [6.07, 6.45) is 1.63. The van der Waals surface area contributed by atoms with Crippen LogP contribution in [0.2, 0.25) is 0 Å². The number of hydrogen-bond acceptors (Lipinski definition) is 2. The van der Waals surface area contributed by atoms with Crippen LogP contribution in [-0.2, 0) is 13.1 Å². The van der Waals surface area contributed by atoms with Crippen molar-refractivity contribution in [1.82, 2.24) is 9.13 Å². The van der Waals surface area contributed by atoms with Gasteiger partial charge in [0, 0.05) is 12.7 Å². The van der Waals surface area contributed by atoms with Gasteiger partial charge in [-0.3, -0.25) is 18.3 Å². The minimum atomic E-state index is -0.558. The number of alkyl halides is 1. The van der Waals surface area contributed by atoms with E-state index in [-0.39, 0.29) is 13.0 Å². The normalized spacial score (nSPS) is 10.7. The van der Waals surface area contributed by atoms with Gasteiger partial charge in [0.25, 0.3) is 5.56 Å². The number of aromatic nitrogens is 2. The molecule has 0 amide bonds. The van der Waals surface area contributed by atoms with E-state index in [2.05, 4.69) is 15.9 Å². The van der Waals surface area contributed by atoms with Crippen LogP contribution < -0.4 is 11.2 Å². The van der Waals surface area contributed by atoms with E-state index in [1.165, 1.54) is 10.8 Å². The first-order valence-corrected chi connectivity index (χ1v) is 7.02. The third-order valence-corrected chi connectivity index (χ3v) is 3.45. The SMILES string of the molecule is O=c1c(Br)cn(Cc2ccccc2)c(=O)n1CCCF. The van der Waals surface area contributed by atoms with Crippen LogP contribution in [0.4, 0.5) is 4.39 Å². The molecule has 0 bridgehead atoms. The molecule has 2 aromatic rings. The van der Waals surface area contributed by atoms with Crippen LogP contribution in [-0.4, -0.2) is 15.8 Å². The molecule has 1 aromatic heterocycles. The van der Waals surface area contributed by atoms with Crippen LogP contribution in [0.15, 0.2) is 50.6 Å². The summed E-state index contributed by atoms with van der Waals surface area (Å²) >= 11 is 3.15. The van der Waals surface area contributed by atoms with Gasteiger partial charge in [-0.25, -0.2) is 4.79 Å². The van der Waals surface area contributed by atoms with Gasteiger partial charge < -0.3 is 0 Å². The largest absolute Gasteiger partial charge is 0.331 e. The Kier molecular flexibility index (Phi) is 4.89. The average Bonchev–Trinajstić information content (AvgIpc) is 2.46. The highest BCUT2D eigenvalue weighted by Crippen LogP contribution is 2.04. The van der Waals surface area contributed by atoms with Crippen LogP contribution in [0.25, 0.3) is 0 Å². The molecule has 0 aliphatic rings. The van der Waals surface area contributed by atoms with E-state index in [1.807, 2.05) is 30.3 Å². The molecule has 106 valence electrons. The number of rotatable bonds is 5. The maximum atomic E-state index is 12.3. The van der Waals surface area contributed by atoms with E-state index in [0.29, 0.717) is 11.0 Å². The van der Waals surface area contributed by atoms with Gasteiger partial charge in [0.15, 0.2) is 0 Å². The molecule has 1 aromatic carbocycles. The minimum Gasteiger partial charge on any atom is -0.295 e. The molecule has 4 nitrogen and oxygen atoms in total. The second kappa shape index (κ2) is 6.65. The summed E-state index contributed by atoms with van der Waals surface area (Å²) in [4.78, 5) is 24.1. The van der Waals surface area contributed by atoms with E-state index < -0.39 is 17.9 Å². The van der Waals surface area contributed by atoms with Gasteiger partial charge in [-0.2, -0.15) is 0 Å². The van der Waals surface area contributed by atoms with Crippen molar-refractivity contribution in [2.45, 2.75) is 19.5 Å². The first kappa shape index (κ1) is 14.7. The van der Waals surface area contributed by atoms with Crippen molar-refractivity contribution in [1.29, 1.82) is 0 Å². The van der Waals surface area contributed by atoms with Gasteiger partial charge in [0.05, 0.1) is 17.7 Å². The zero-order chi connectivity index (χ0) is 14.5. The molecule has 2 rings (SSSR count). The van der Waals surface area contributed by atoms with Crippen molar-refractivity contribution < 1.29 is 4.39 Å². The fraction of sp³-hybridized carbons (Fsp3) is 0.286. The van der Waals surface area contributed by atoms with Gasteiger partial charge in [0.1, 0.15) is 0 Å². The maximum absolute atomic E-state index is 12.3. The van der Waals surface area contributed by atoms with Gasteiger partial charge in [0.2, 0.25) is 0 Å². The summed E-state index contributed by atoms with van der Waals surface area (Å²) in [6.45, 7) is -0.104. The molecule has 0 fully saturated rings. The average molecular weight is 341 g/mol. The molecule has 1 heterocycles. The number of nitrogens with zero attached hydrogens (tertiary/aromatic N) is 2. The molecule has 0 atom stereocenters. The van der Waals surface area contributed by atoms with Crippen molar-refractivity contribution in [2.24, 2.45) is 0 Å². The smallest absolute Gasteiger partial charge is 0.295 e. The quantitative estimate of drug-likeness (QED) is 0.837. The Labute approximate surface area is 123 Å². The van der Waals surface area contributed by atoms with Crippen LogP contribution in [0, 0.1) is 0 Å². The maximum Gasteiger partial charge on any atom is 0.331 e. The van der Waals surface area contributed by atoms with E-state index in [0.717, 1.165) is 10.1 Å². The second-order valence-electron chi connectivity index (χ2n) is 4.37. The van der Waals surface area contributed by atoms with Gasteiger partial charge >= 0.3 is 5.69 Å².